The summed E-state index contributed by atoms with van der Waals surface area (Å²) in [6, 6.07) is 4.29. The van der Waals surface area contributed by atoms with Crippen LogP contribution in [-0.2, 0) is 11.0 Å². The van der Waals surface area contributed by atoms with E-state index in [0.29, 0.717) is 0 Å². The molecule has 0 spiro atoms. The number of carbonyl (C=O) groups excluding carboxylic acids is 1. The third-order valence-electron chi connectivity index (χ3n) is 3.14. The molecular formula is C14H12F5N3O3. The number of halogens is 5. The van der Waals surface area contributed by atoms with Crippen molar-refractivity contribution in [2.75, 3.05) is 6.54 Å². The molecule has 2 N–H and O–H groups in total. The lowest BCUT2D eigenvalue weighted by atomic mass is 10.0. The molecule has 1 aromatic heterocycles. The van der Waals surface area contributed by atoms with Gasteiger partial charge < -0.3 is 14.9 Å². The summed E-state index contributed by atoms with van der Waals surface area (Å²) >= 11 is 0. The summed E-state index contributed by atoms with van der Waals surface area (Å²) < 4.78 is 68.9. The zero-order valence-corrected chi connectivity index (χ0v) is 12.6. The molecule has 25 heavy (non-hydrogen) atoms. The second kappa shape index (κ2) is 6.75. The molecule has 1 amide bonds. The van der Waals surface area contributed by atoms with Crippen LogP contribution in [-0.4, -0.2) is 33.6 Å². The van der Waals surface area contributed by atoms with Crippen molar-refractivity contribution in [3.05, 3.63) is 35.7 Å². The lowest BCUT2D eigenvalue weighted by Crippen LogP contribution is -2.44. The molecule has 1 unspecified atom stereocenters. The van der Waals surface area contributed by atoms with E-state index in [0.717, 1.165) is 24.3 Å². The van der Waals surface area contributed by atoms with Crippen LogP contribution in [0.4, 0.5) is 22.0 Å². The van der Waals surface area contributed by atoms with Crippen molar-refractivity contribution in [1.29, 1.82) is 0 Å². The molecule has 0 aliphatic carbocycles. The molecule has 6 nitrogen and oxygen atoms in total. The predicted octanol–water partition coefficient (Wildman–Crippen LogP) is 2.56. The number of aliphatic hydroxyl groups is 1. The fourth-order valence-corrected chi connectivity index (χ4v) is 1.88. The van der Waals surface area contributed by atoms with Gasteiger partial charge in [-0.1, -0.05) is 29.4 Å². The Hall–Kier alpha value is -2.56. The van der Waals surface area contributed by atoms with Crippen molar-refractivity contribution in [1.82, 2.24) is 15.5 Å². The molecule has 1 aromatic carbocycles. The Labute approximate surface area is 137 Å². The van der Waals surface area contributed by atoms with E-state index in [2.05, 4.69) is 14.7 Å². The van der Waals surface area contributed by atoms with E-state index in [-0.39, 0.29) is 17.7 Å². The van der Waals surface area contributed by atoms with Crippen molar-refractivity contribution < 1.29 is 36.4 Å². The number of aliphatic hydroxyl groups excluding tert-OH is 1. The van der Waals surface area contributed by atoms with Crippen LogP contribution in [0.3, 0.4) is 0 Å². The number of nitrogens with one attached hydrogen (secondary N) is 1. The molecule has 1 heterocycles. The summed E-state index contributed by atoms with van der Waals surface area (Å²) in [5.74, 6) is -7.66. The Bertz CT molecular complexity index is 743. The molecule has 2 aromatic rings. The Kier molecular flexibility index (Phi) is 5.07. The number of amides is 1. The fraction of sp³-hybridized carbons (Fsp3) is 0.357. The van der Waals surface area contributed by atoms with Gasteiger partial charge in [0, 0.05) is 12.1 Å². The van der Waals surface area contributed by atoms with Gasteiger partial charge in [-0.25, -0.2) is 0 Å². The summed E-state index contributed by atoms with van der Waals surface area (Å²) in [6.07, 6.45) is -7.24. The van der Waals surface area contributed by atoms with E-state index in [1.165, 1.54) is 6.92 Å². The first kappa shape index (κ1) is 18.8. The highest BCUT2D eigenvalue weighted by molar-refractivity contribution is 5.84. The van der Waals surface area contributed by atoms with Gasteiger partial charge in [-0.3, -0.25) is 4.79 Å². The summed E-state index contributed by atoms with van der Waals surface area (Å²) in [6.45, 7) is 1.40. The van der Waals surface area contributed by atoms with E-state index in [1.54, 1.807) is 0 Å². The predicted molar refractivity (Wildman–Crippen MR) is 73.3 cm³/mol. The average Bonchev–Trinajstić information content (AvgIpc) is 3.04. The number of hydrogen-bond donors (Lipinski definition) is 2. The molecule has 0 radical (unpaired) electrons. The molecule has 0 saturated heterocycles. The molecule has 0 aliphatic heterocycles. The van der Waals surface area contributed by atoms with Crippen LogP contribution in [0.1, 0.15) is 24.5 Å². The first-order valence-electron chi connectivity index (χ1n) is 6.92. The molecule has 0 aliphatic rings. The van der Waals surface area contributed by atoms with Crippen LogP contribution < -0.4 is 5.32 Å². The van der Waals surface area contributed by atoms with E-state index < -0.39 is 35.8 Å². The van der Waals surface area contributed by atoms with Gasteiger partial charge in [0.25, 0.3) is 5.91 Å². The molecular weight excluding hydrogens is 353 g/mol. The number of nitrogens with zero attached hydrogens (tertiary/aromatic N) is 2. The van der Waals surface area contributed by atoms with Crippen molar-refractivity contribution in [3.63, 3.8) is 0 Å². The number of alkyl halides is 5. The number of aromatic nitrogens is 2. The maximum Gasteiger partial charge on any atom is 0.471 e. The third kappa shape index (κ3) is 3.92. The van der Waals surface area contributed by atoms with Gasteiger partial charge in [0.1, 0.15) is 0 Å². The minimum absolute atomic E-state index is 0.0422. The average molecular weight is 365 g/mol. The first-order chi connectivity index (χ1) is 11.6. The Morgan fingerprint density at radius 2 is 1.84 bits per heavy atom. The summed E-state index contributed by atoms with van der Waals surface area (Å²) in [5.41, 5.74) is -0.254. The Morgan fingerprint density at radius 3 is 2.32 bits per heavy atom. The van der Waals surface area contributed by atoms with Crippen LogP contribution in [0.15, 0.2) is 28.8 Å². The van der Waals surface area contributed by atoms with Crippen molar-refractivity contribution in [2.45, 2.75) is 25.1 Å². The van der Waals surface area contributed by atoms with Gasteiger partial charge in [0.15, 0.2) is 6.10 Å². The highest BCUT2D eigenvalue weighted by atomic mass is 19.4. The third-order valence-corrected chi connectivity index (χ3v) is 3.14. The molecule has 0 saturated carbocycles. The smallest absolute Gasteiger partial charge is 0.381 e. The second-order valence-electron chi connectivity index (χ2n) is 4.93. The second-order valence-corrected chi connectivity index (χ2v) is 4.93. The van der Waals surface area contributed by atoms with E-state index in [9.17, 15) is 31.9 Å². The van der Waals surface area contributed by atoms with E-state index in [4.69, 9.17) is 0 Å². The molecule has 11 heteroatoms. The largest absolute Gasteiger partial charge is 0.471 e. The van der Waals surface area contributed by atoms with Gasteiger partial charge in [-0.2, -0.15) is 26.9 Å². The molecule has 0 fully saturated rings. The SMILES string of the molecule is CCNC(=O)C(F)(F)C(O)c1ccc(-c2noc(C(F)(F)F)n2)cc1. The van der Waals surface area contributed by atoms with Crippen molar-refractivity contribution in [3.8, 4) is 11.4 Å². The van der Waals surface area contributed by atoms with Crippen LogP contribution in [0.2, 0.25) is 0 Å². The lowest BCUT2D eigenvalue weighted by molar-refractivity contribution is -0.164. The van der Waals surface area contributed by atoms with Gasteiger partial charge in [0.05, 0.1) is 0 Å². The standard InChI is InChI=1S/C14H12F5N3O3/c1-2-20-11(24)13(15,16)9(23)7-3-5-8(6-4-7)10-21-12(25-22-10)14(17,18)19/h3-6,9,23H,2H2,1H3,(H,20,24). The number of carbonyl (C=O) groups is 1. The summed E-state index contributed by atoms with van der Waals surface area (Å²) in [4.78, 5) is 14.5. The van der Waals surface area contributed by atoms with E-state index >= 15 is 0 Å². The zero-order valence-electron chi connectivity index (χ0n) is 12.6. The minimum Gasteiger partial charge on any atom is -0.381 e. The highest BCUT2D eigenvalue weighted by Gasteiger charge is 2.47. The molecule has 136 valence electrons. The highest BCUT2D eigenvalue weighted by Crippen LogP contribution is 2.33. The quantitative estimate of drug-likeness (QED) is 0.795. The van der Waals surface area contributed by atoms with Gasteiger partial charge in [-0.15, -0.1) is 0 Å². The molecule has 2 rings (SSSR count). The van der Waals surface area contributed by atoms with Crippen LogP contribution >= 0.6 is 0 Å². The molecule has 1 atom stereocenters. The Balaban J connectivity index is 2.22. The lowest BCUT2D eigenvalue weighted by Gasteiger charge is -2.21. The van der Waals surface area contributed by atoms with Gasteiger partial charge in [-0.05, 0) is 12.5 Å². The van der Waals surface area contributed by atoms with Crippen LogP contribution in [0, 0.1) is 0 Å². The minimum atomic E-state index is -4.81. The van der Waals surface area contributed by atoms with E-state index in [1.807, 2.05) is 5.32 Å². The normalized spacial score (nSPS) is 13.6. The first-order valence-corrected chi connectivity index (χ1v) is 6.92. The maximum absolute atomic E-state index is 13.8. The Morgan fingerprint density at radius 1 is 1.24 bits per heavy atom. The maximum atomic E-state index is 13.8. The van der Waals surface area contributed by atoms with Crippen molar-refractivity contribution >= 4 is 5.91 Å². The zero-order chi connectivity index (χ0) is 18.8. The molecule has 0 bridgehead atoms. The van der Waals surface area contributed by atoms with Gasteiger partial charge in [0.2, 0.25) is 5.82 Å². The van der Waals surface area contributed by atoms with Crippen molar-refractivity contribution in [2.24, 2.45) is 0 Å². The summed E-state index contributed by atoms with van der Waals surface area (Å²) in [5, 5.41) is 14.8. The fourth-order valence-electron chi connectivity index (χ4n) is 1.88. The summed E-state index contributed by atoms with van der Waals surface area (Å²) in [7, 11) is 0. The topological polar surface area (TPSA) is 88.2 Å². The number of hydrogen-bond acceptors (Lipinski definition) is 5. The monoisotopic (exact) mass is 365 g/mol. The number of rotatable bonds is 5. The van der Waals surface area contributed by atoms with Crippen LogP contribution in [0.5, 0.6) is 0 Å². The number of benzene rings is 1. The van der Waals surface area contributed by atoms with Crippen LogP contribution in [0.25, 0.3) is 11.4 Å². The van der Waals surface area contributed by atoms with Gasteiger partial charge >= 0.3 is 18.0 Å².